The van der Waals surface area contributed by atoms with Gasteiger partial charge >= 0.3 is 15.2 Å². The highest BCUT2D eigenvalue weighted by Crippen LogP contribution is 2.58. The fraction of sp³-hybridized carbons (Fsp3) is 0.364. The smallest absolute Gasteiger partial charge is 0.421 e. The topological polar surface area (TPSA) is 107 Å². The lowest BCUT2D eigenvalue weighted by molar-refractivity contribution is 0.385. The monoisotopic (exact) mass is 385 g/mol. The van der Waals surface area contributed by atoms with Crippen LogP contribution in [0.1, 0.15) is 0 Å². The van der Waals surface area contributed by atoms with Gasteiger partial charge in [0.15, 0.2) is 0 Å². The van der Waals surface area contributed by atoms with E-state index in [0.717, 1.165) is 17.2 Å². The third-order valence-corrected chi connectivity index (χ3v) is 7.73. The molecule has 22 heavy (non-hydrogen) atoms. The van der Waals surface area contributed by atoms with Gasteiger partial charge in [-0.2, -0.15) is 0 Å². The normalized spacial score (nSPS) is 14.6. The first-order valence-electron chi connectivity index (χ1n) is 6.03. The summed E-state index contributed by atoms with van der Waals surface area (Å²) in [6.07, 6.45) is 0. The summed E-state index contributed by atoms with van der Waals surface area (Å²) in [5.41, 5.74) is 0. The van der Waals surface area contributed by atoms with E-state index < -0.39 is 19.5 Å². The average Bonchev–Trinajstić information content (AvgIpc) is 2.38. The third kappa shape index (κ3) is 6.48. The molecule has 0 aliphatic carbocycles. The summed E-state index contributed by atoms with van der Waals surface area (Å²) >= 11 is 5.93. The molecule has 0 aliphatic rings. The number of hydrogen-bond donors (Lipinski definition) is 3. The zero-order valence-electron chi connectivity index (χ0n) is 11.9. The molecule has 1 atom stereocenters. The number of rotatable bonds is 8. The first-order chi connectivity index (χ1) is 10.0. The van der Waals surface area contributed by atoms with Gasteiger partial charge in [-0.3, -0.25) is 4.57 Å². The maximum absolute atomic E-state index is 11.8. The van der Waals surface area contributed by atoms with Crippen molar-refractivity contribution in [3.8, 4) is 5.75 Å². The number of hydrogen-bond acceptors (Lipinski definition) is 6. The molecule has 1 aromatic rings. The Balaban J connectivity index is 2.70. The van der Waals surface area contributed by atoms with Crippen molar-refractivity contribution in [1.29, 1.82) is 0 Å². The molecule has 0 aromatic heterocycles. The summed E-state index contributed by atoms with van der Waals surface area (Å²) in [6.45, 7) is 0.908. The van der Waals surface area contributed by atoms with Gasteiger partial charge in [0.25, 0.3) is 0 Å². The van der Waals surface area contributed by atoms with Crippen molar-refractivity contribution in [2.45, 2.75) is 4.90 Å². The van der Waals surface area contributed by atoms with Gasteiger partial charge in [0.1, 0.15) is 5.75 Å². The summed E-state index contributed by atoms with van der Waals surface area (Å²) in [4.78, 5) is 30.2. The SMILES string of the molecule is CN(C)CCSc1ccc(OP(=O)(O)C(=S)P(=O)(O)O)cc1. The van der Waals surface area contributed by atoms with E-state index in [2.05, 4.69) is 17.1 Å². The molecule has 0 fully saturated rings. The fourth-order valence-corrected chi connectivity index (χ4v) is 4.35. The Hall–Kier alpha value is -0.240. The van der Waals surface area contributed by atoms with Gasteiger partial charge in [-0.25, -0.2) is 4.57 Å². The van der Waals surface area contributed by atoms with Crippen LogP contribution in [0.2, 0.25) is 0 Å². The largest absolute Gasteiger partial charge is 0.427 e. The molecule has 3 N–H and O–H groups in total. The number of thioether (sulfide) groups is 1. The average molecular weight is 385 g/mol. The molecule has 0 aliphatic heterocycles. The van der Waals surface area contributed by atoms with Crippen LogP contribution in [0.25, 0.3) is 0 Å². The van der Waals surface area contributed by atoms with Gasteiger partial charge in [0, 0.05) is 17.2 Å². The van der Waals surface area contributed by atoms with Gasteiger partial charge in [-0.15, -0.1) is 11.8 Å². The predicted molar refractivity (Wildman–Crippen MR) is 90.8 cm³/mol. The van der Waals surface area contributed by atoms with Crippen LogP contribution in [-0.2, 0) is 9.13 Å². The third-order valence-electron chi connectivity index (χ3n) is 2.35. The summed E-state index contributed by atoms with van der Waals surface area (Å²) < 4.78 is 26.1. The molecule has 0 amide bonds. The van der Waals surface area contributed by atoms with E-state index in [1.165, 1.54) is 12.1 Å². The van der Waals surface area contributed by atoms with Crippen molar-refractivity contribution >= 4 is 43.5 Å². The minimum absolute atomic E-state index is 0.0126. The van der Waals surface area contributed by atoms with Crippen molar-refractivity contribution in [3.05, 3.63) is 24.3 Å². The second kappa shape index (κ2) is 8.04. The second-order valence-electron chi connectivity index (χ2n) is 4.56. The van der Waals surface area contributed by atoms with E-state index in [1.807, 2.05) is 14.1 Å². The van der Waals surface area contributed by atoms with Gasteiger partial charge in [0.2, 0.25) is 4.35 Å². The van der Waals surface area contributed by atoms with Crippen LogP contribution >= 0.6 is 39.2 Å². The summed E-state index contributed by atoms with van der Waals surface area (Å²) in [5.74, 6) is 0.896. The van der Waals surface area contributed by atoms with Crippen molar-refractivity contribution in [2.24, 2.45) is 0 Å². The summed E-state index contributed by atoms with van der Waals surface area (Å²) in [5, 5.41) is 0. The van der Waals surface area contributed by atoms with Crippen molar-refractivity contribution in [3.63, 3.8) is 0 Å². The van der Waals surface area contributed by atoms with Crippen LogP contribution in [0.5, 0.6) is 5.75 Å². The number of benzene rings is 1. The zero-order valence-corrected chi connectivity index (χ0v) is 15.4. The molecule has 1 rings (SSSR count). The van der Waals surface area contributed by atoms with E-state index >= 15 is 0 Å². The molecule has 11 heteroatoms. The van der Waals surface area contributed by atoms with E-state index in [0.29, 0.717) is 0 Å². The Bertz CT molecular complexity index is 616. The summed E-state index contributed by atoms with van der Waals surface area (Å²) in [6, 6.07) is 6.28. The molecule has 1 aromatic carbocycles. The first-order valence-corrected chi connectivity index (χ1v) is 10.6. The Kier molecular flexibility index (Phi) is 7.23. The van der Waals surface area contributed by atoms with Crippen LogP contribution in [0.3, 0.4) is 0 Å². The fourth-order valence-electron chi connectivity index (χ4n) is 1.29. The van der Waals surface area contributed by atoms with E-state index in [-0.39, 0.29) is 5.75 Å². The van der Waals surface area contributed by atoms with Crippen molar-refractivity contribution in [1.82, 2.24) is 4.90 Å². The minimum atomic E-state index is -4.96. The highest BCUT2D eigenvalue weighted by Gasteiger charge is 2.40. The molecule has 7 nitrogen and oxygen atoms in total. The lowest BCUT2D eigenvalue weighted by Crippen LogP contribution is -2.14. The Morgan fingerprint density at radius 3 is 2.23 bits per heavy atom. The highest BCUT2D eigenvalue weighted by molar-refractivity contribution is 8.16. The van der Waals surface area contributed by atoms with E-state index in [4.69, 9.17) is 14.3 Å². The van der Waals surface area contributed by atoms with Crippen LogP contribution < -0.4 is 4.52 Å². The molecule has 0 radical (unpaired) electrons. The van der Waals surface area contributed by atoms with Crippen LogP contribution in [-0.4, -0.2) is 50.3 Å². The minimum Gasteiger partial charge on any atom is -0.421 e. The van der Waals surface area contributed by atoms with Crippen molar-refractivity contribution < 1.29 is 28.3 Å². The van der Waals surface area contributed by atoms with Crippen molar-refractivity contribution in [2.75, 3.05) is 26.4 Å². The molecule has 0 saturated heterocycles. The van der Waals surface area contributed by atoms with E-state index in [9.17, 15) is 14.0 Å². The predicted octanol–water partition coefficient (Wildman–Crippen LogP) is 2.37. The number of nitrogens with zero attached hydrogens (tertiary/aromatic N) is 1. The van der Waals surface area contributed by atoms with Crippen LogP contribution in [0, 0.1) is 0 Å². The standard InChI is InChI=1S/C11H17NO6P2S2/c1-12(2)7-8-22-10-5-3-9(4-6-10)18-20(16,17)11(21)19(13,14)15/h3-6H,7-8H2,1-2H3,(H,16,17)(H2,13,14,15). The van der Waals surface area contributed by atoms with Gasteiger partial charge in [-0.05, 0) is 38.4 Å². The molecular weight excluding hydrogens is 368 g/mol. The quantitative estimate of drug-likeness (QED) is 0.353. The highest BCUT2D eigenvalue weighted by atomic mass is 32.2. The zero-order chi connectivity index (χ0) is 17.0. The Labute approximate surface area is 138 Å². The van der Waals surface area contributed by atoms with Crippen LogP contribution in [0.15, 0.2) is 29.2 Å². The summed E-state index contributed by atoms with van der Waals surface area (Å²) in [7, 11) is -5.74. The maximum Gasteiger partial charge on any atom is 0.427 e. The second-order valence-corrected chi connectivity index (χ2v) is 10.3. The molecule has 0 bridgehead atoms. The molecular formula is C11H17NO6P2S2. The van der Waals surface area contributed by atoms with E-state index in [1.54, 1.807) is 23.9 Å². The molecule has 0 spiro atoms. The first kappa shape index (κ1) is 19.8. The lowest BCUT2D eigenvalue weighted by Gasteiger charge is -2.15. The Morgan fingerprint density at radius 2 is 1.77 bits per heavy atom. The number of thiocarbonyl (C=S) groups is 1. The van der Waals surface area contributed by atoms with Gasteiger partial charge < -0.3 is 24.1 Å². The van der Waals surface area contributed by atoms with Gasteiger partial charge in [0.05, 0.1) is 0 Å². The lowest BCUT2D eigenvalue weighted by atomic mass is 10.3. The molecule has 0 heterocycles. The molecule has 1 unspecified atom stereocenters. The molecule has 124 valence electrons. The molecule has 0 saturated carbocycles. The van der Waals surface area contributed by atoms with Crippen LogP contribution in [0.4, 0.5) is 0 Å². The van der Waals surface area contributed by atoms with Gasteiger partial charge in [-0.1, -0.05) is 12.2 Å². The maximum atomic E-state index is 11.8. The Morgan fingerprint density at radius 1 is 1.23 bits per heavy atom.